The van der Waals surface area contributed by atoms with E-state index in [9.17, 15) is 27.1 Å². The fourth-order valence-corrected chi connectivity index (χ4v) is 6.07. The van der Waals surface area contributed by atoms with Crippen molar-refractivity contribution in [3.05, 3.63) is 53.7 Å². The number of nitrogens with one attached hydrogen (secondary N) is 1. The van der Waals surface area contributed by atoms with Crippen molar-refractivity contribution in [2.75, 3.05) is 12.1 Å². The zero-order chi connectivity index (χ0) is 26.4. The summed E-state index contributed by atoms with van der Waals surface area (Å²) in [4.78, 5) is 12.3. The van der Waals surface area contributed by atoms with Crippen molar-refractivity contribution in [2.24, 2.45) is 5.10 Å². The second-order valence-electron chi connectivity index (χ2n) is 8.62. The van der Waals surface area contributed by atoms with Crippen LogP contribution in [0.3, 0.4) is 0 Å². The lowest BCUT2D eigenvalue weighted by atomic mass is 9.96. The standard InChI is InChI=1S/C24H25F2N3O6S/c1-12-7-15(29-24(31)27-14(3)21(28-29)23(25)26)8-13(2)22(12)35-17-5-6-19(34-4)20(11-17)36(32,33)18-9-16(30)10-18/h5-8,11,16,18,23,30H,3,9-10H2,1-2,4H3,(H,27,31). The highest BCUT2D eigenvalue weighted by molar-refractivity contribution is 7.92. The lowest BCUT2D eigenvalue weighted by Gasteiger charge is -2.31. The monoisotopic (exact) mass is 521 g/mol. The second kappa shape index (κ2) is 9.51. The van der Waals surface area contributed by atoms with Crippen LogP contribution in [0, 0.1) is 13.8 Å². The Morgan fingerprint density at radius 2 is 1.83 bits per heavy atom. The van der Waals surface area contributed by atoms with Crippen molar-refractivity contribution in [3.8, 4) is 17.2 Å². The number of halogens is 2. The van der Waals surface area contributed by atoms with E-state index in [4.69, 9.17) is 9.47 Å². The predicted molar refractivity (Wildman–Crippen MR) is 129 cm³/mol. The van der Waals surface area contributed by atoms with E-state index in [-0.39, 0.29) is 40.6 Å². The van der Waals surface area contributed by atoms with Gasteiger partial charge in [0.05, 0.1) is 29.8 Å². The van der Waals surface area contributed by atoms with Gasteiger partial charge in [-0.25, -0.2) is 22.0 Å². The number of methoxy groups -OCH3 is 1. The number of rotatable bonds is 7. The van der Waals surface area contributed by atoms with Crippen LogP contribution in [0.25, 0.3) is 0 Å². The highest BCUT2D eigenvalue weighted by Gasteiger charge is 2.40. The lowest BCUT2D eigenvalue weighted by Crippen LogP contribution is -2.45. The number of sulfone groups is 1. The molecule has 0 spiro atoms. The van der Waals surface area contributed by atoms with Crippen molar-refractivity contribution >= 4 is 27.3 Å². The molecule has 12 heteroatoms. The Labute approximate surface area is 206 Å². The Morgan fingerprint density at radius 3 is 2.39 bits per heavy atom. The zero-order valence-electron chi connectivity index (χ0n) is 19.8. The number of carbonyl (C=O) groups excluding carboxylic acids is 1. The SMILES string of the molecule is C=C1NC(=O)N(c2cc(C)c(Oc3ccc(OC)c(S(=O)(=O)C4CC(O)C4)c3)c(C)c2)N=C1C(F)F. The third-order valence-corrected chi connectivity index (χ3v) is 8.23. The molecule has 1 saturated carbocycles. The van der Waals surface area contributed by atoms with Crippen molar-refractivity contribution in [3.63, 3.8) is 0 Å². The van der Waals surface area contributed by atoms with E-state index in [1.54, 1.807) is 32.0 Å². The van der Waals surface area contributed by atoms with Crippen LogP contribution in [0.2, 0.25) is 0 Å². The van der Waals surface area contributed by atoms with Crippen molar-refractivity contribution < 1.29 is 36.6 Å². The van der Waals surface area contributed by atoms with Crippen LogP contribution in [-0.4, -0.2) is 50.2 Å². The third-order valence-electron chi connectivity index (χ3n) is 6.03. The molecule has 2 aliphatic rings. The van der Waals surface area contributed by atoms with Crippen LogP contribution < -0.4 is 19.8 Å². The number of alkyl halides is 2. The molecule has 4 rings (SSSR count). The van der Waals surface area contributed by atoms with Gasteiger partial charge in [0.1, 0.15) is 22.1 Å². The normalized spacial score (nSPS) is 20.1. The topological polar surface area (TPSA) is 118 Å². The summed E-state index contributed by atoms with van der Waals surface area (Å²) in [5.41, 5.74) is 0.441. The van der Waals surface area contributed by atoms with Crippen molar-refractivity contribution in [1.29, 1.82) is 0 Å². The maximum atomic E-state index is 13.3. The van der Waals surface area contributed by atoms with Gasteiger partial charge in [-0.15, -0.1) is 0 Å². The van der Waals surface area contributed by atoms with Crippen molar-refractivity contribution in [2.45, 2.75) is 49.4 Å². The fourth-order valence-electron chi connectivity index (χ4n) is 4.05. The van der Waals surface area contributed by atoms with Crippen LogP contribution in [0.5, 0.6) is 17.2 Å². The number of aliphatic hydroxyl groups excluding tert-OH is 1. The van der Waals surface area contributed by atoms with Gasteiger partial charge >= 0.3 is 6.03 Å². The van der Waals surface area contributed by atoms with E-state index < -0.39 is 39.4 Å². The molecule has 0 saturated heterocycles. The molecule has 2 N–H and O–H groups in total. The van der Waals surface area contributed by atoms with E-state index in [1.807, 2.05) is 0 Å². The quantitative estimate of drug-likeness (QED) is 0.567. The second-order valence-corrected chi connectivity index (χ2v) is 10.8. The van der Waals surface area contributed by atoms with Crippen LogP contribution in [0.15, 0.2) is 52.6 Å². The molecule has 0 bridgehead atoms. The number of hydrazone groups is 1. The molecule has 2 aromatic carbocycles. The number of aryl methyl sites for hydroxylation is 2. The largest absolute Gasteiger partial charge is 0.495 e. The van der Waals surface area contributed by atoms with E-state index in [2.05, 4.69) is 17.0 Å². The fraction of sp³-hybridized carbons (Fsp3) is 0.333. The van der Waals surface area contributed by atoms with E-state index >= 15 is 0 Å². The number of nitrogens with zero attached hydrogens (tertiary/aromatic N) is 2. The molecule has 0 radical (unpaired) electrons. The number of amides is 2. The summed E-state index contributed by atoms with van der Waals surface area (Å²) in [6, 6.07) is 6.77. The van der Waals surface area contributed by atoms with E-state index in [0.717, 1.165) is 5.01 Å². The summed E-state index contributed by atoms with van der Waals surface area (Å²) in [6.07, 6.45) is -3.25. The number of allylic oxidation sites excluding steroid dienone is 1. The molecule has 1 fully saturated rings. The van der Waals surface area contributed by atoms with Gasteiger partial charge in [-0.3, -0.25) is 0 Å². The first-order valence-corrected chi connectivity index (χ1v) is 12.5. The summed E-state index contributed by atoms with van der Waals surface area (Å²) in [7, 11) is -2.39. The van der Waals surface area contributed by atoms with Crippen LogP contribution in [-0.2, 0) is 9.84 Å². The molecular formula is C24H25F2N3O6S. The molecule has 0 aromatic heterocycles. The number of anilines is 1. The molecule has 1 heterocycles. The van der Waals surface area contributed by atoms with E-state index in [0.29, 0.717) is 16.9 Å². The third kappa shape index (κ3) is 4.65. The lowest BCUT2D eigenvalue weighted by molar-refractivity contribution is 0.0976. The molecule has 1 aliphatic heterocycles. The first-order chi connectivity index (χ1) is 16.9. The van der Waals surface area contributed by atoms with Crippen LogP contribution in [0.1, 0.15) is 24.0 Å². The highest BCUT2D eigenvalue weighted by Crippen LogP contribution is 2.39. The number of hydrogen-bond acceptors (Lipinski definition) is 7. The number of urea groups is 1. The number of carbonyl (C=O) groups is 1. The van der Waals surface area contributed by atoms with Gasteiger partial charge in [-0.2, -0.15) is 10.1 Å². The smallest absolute Gasteiger partial charge is 0.347 e. The molecule has 9 nitrogen and oxygen atoms in total. The summed E-state index contributed by atoms with van der Waals surface area (Å²) in [6.45, 7) is 6.79. The molecular weight excluding hydrogens is 496 g/mol. The first kappa shape index (κ1) is 25.6. The minimum atomic E-state index is -3.76. The molecule has 36 heavy (non-hydrogen) atoms. The molecule has 2 amide bonds. The number of aliphatic hydroxyl groups is 1. The minimum Gasteiger partial charge on any atom is -0.495 e. The Morgan fingerprint density at radius 1 is 1.19 bits per heavy atom. The minimum absolute atomic E-state index is 0.0367. The van der Waals surface area contributed by atoms with Gasteiger partial charge in [0.25, 0.3) is 6.43 Å². The van der Waals surface area contributed by atoms with Gasteiger partial charge in [0.15, 0.2) is 15.5 Å². The highest BCUT2D eigenvalue weighted by atomic mass is 32.2. The van der Waals surface area contributed by atoms with Gasteiger partial charge in [0.2, 0.25) is 0 Å². The van der Waals surface area contributed by atoms with E-state index in [1.165, 1.54) is 19.2 Å². The van der Waals surface area contributed by atoms with Crippen LogP contribution >= 0.6 is 0 Å². The van der Waals surface area contributed by atoms with Gasteiger partial charge in [0, 0.05) is 6.07 Å². The Hall–Kier alpha value is -3.51. The summed E-state index contributed by atoms with van der Waals surface area (Å²) >= 11 is 0. The Bertz CT molecular complexity index is 1350. The summed E-state index contributed by atoms with van der Waals surface area (Å²) < 4.78 is 63.9. The summed E-state index contributed by atoms with van der Waals surface area (Å²) in [5.74, 6) is 0.794. The molecule has 1 aliphatic carbocycles. The maximum Gasteiger partial charge on any atom is 0.347 e. The predicted octanol–water partition coefficient (Wildman–Crippen LogP) is 4.07. The average Bonchev–Trinajstić information content (AvgIpc) is 2.78. The van der Waals surface area contributed by atoms with Crippen molar-refractivity contribution in [1.82, 2.24) is 5.32 Å². The zero-order valence-corrected chi connectivity index (χ0v) is 20.6. The maximum absolute atomic E-state index is 13.3. The number of benzene rings is 2. The average molecular weight is 522 g/mol. The molecule has 0 unspecified atom stereocenters. The Kier molecular flexibility index (Phi) is 6.76. The molecule has 0 atom stereocenters. The van der Waals surface area contributed by atoms with Crippen LogP contribution in [0.4, 0.5) is 19.3 Å². The first-order valence-electron chi connectivity index (χ1n) is 11.0. The number of ether oxygens (including phenoxy) is 2. The van der Waals surface area contributed by atoms with Gasteiger partial charge in [-0.1, -0.05) is 6.58 Å². The van der Waals surface area contributed by atoms with Gasteiger partial charge in [-0.05, 0) is 62.1 Å². The Balaban J connectivity index is 1.66. The van der Waals surface area contributed by atoms with Gasteiger partial charge < -0.3 is 19.9 Å². The molecule has 2 aromatic rings. The number of hydrogen-bond donors (Lipinski definition) is 2. The summed E-state index contributed by atoms with van der Waals surface area (Å²) in [5, 5.41) is 15.7. The molecule has 192 valence electrons.